The van der Waals surface area contributed by atoms with E-state index in [4.69, 9.17) is 16.6 Å². The number of aromatic nitrogens is 2. The lowest BCUT2D eigenvalue weighted by molar-refractivity contribution is 0.516. The first-order chi connectivity index (χ1) is 9.08. The third-order valence-electron chi connectivity index (χ3n) is 3.43. The second-order valence-corrected chi connectivity index (χ2v) is 8.08. The first kappa shape index (κ1) is 15.8. The van der Waals surface area contributed by atoms with Gasteiger partial charge >= 0.3 is 0 Å². The van der Waals surface area contributed by atoms with Crippen LogP contribution in [0.3, 0.4) is 0 Å². The molecule has 2 nitrogen and oxygen atoms in total. The van der Waals surface area contributed by atoms with E-state index >= 15 is 0 Å². The quantitative estimate of drug-likeness (QED) is 0.489. The van der Waals surface area contributed by atoms with Gasteiger partial charge in [-0.15, -0.1) is 0 Å². The highest BCUT2D eigenvalue weighted by molar-refractivity contribution is 14.1. The third-order valence-corrected chi connectivity index (χ3v) is 6.45. The molecule has 0 spiro atoms. The minimum atomic E-state index is 0.394. The zero-order chi connectivity index (χ0) is 13.8. The van der Waals surface area contributed by atoms with Crippen molar-refractivity contribution in [2.75, 3.05) is 0 Å². The van der Waals surface area contributed by atoms with E-state index in [0.717, 1.165) is 26.1 Å². The van der Waals surface area contributed by atoms with E-state index in [0.29, 0.717) is 11.1 Å². The van der Waals surface area contributed by atoms with Gasteiger partial charge in [-0.3, -0.25) is 0 Å². The molecule has 1 heterocycles. The number of hydrogen-bond donors (Lipinski definition) is 0. The first-order valence-corrected chi connectivity index (χ1v) is 9.42. The minimum absolute atomic E-state index is 0.394. The second-order valence-electron chi connectivity index (χ2n) is 5.36. The Morgan fingerprint density at radius 2 is 1.95 bits per heavy atom. The molecule has 1 aliphatic carbocycles. The van der Waals surface area contributed by atoms with Crippen molar-refractivity contribution in [1.82, 2.24) is 9.97 Å². The van der Waals surface area contributed by atoms with E-state index in [-0.39, 0.29) is 0 Å². The molecular weight excluding hydrogens is 391 g/mol. The van der Waals surface area contributed by atoms with Gasteiger partial charge in [0.25, 0.3) is 0 Å². The summed E-state index contributed by atoms with van der Waals surface area (Å²) in [6.07, 6.45) is 6.85. The van der Waals surface area contributed by atoms with Gasteiger partial charge in [-0.1, -0.05) is 44.7 Å². The number of hydrogen-bond acceptors (Lipinski definition) is 3. The van der Waals surface area contributed by atoms with Crippen LogP contribution in [0.25, 0.3) is 0 Å². The van der Waals surface area contributed by atoms with E-state index in [9.17, 15) is 0 Å². The molecule has 1 aromatic rings. The molecule has 1 aromatic heterocycles. The van der Waals surface area contributed by atoms with Crippen LogP contribution in [0, 0.1) is 3.57 Å². The monoisotopic (exact) mass is 410 g/mol. The van der Waals surface area contributed by atoms with Crippen LogP contribution in [0.5, 0.6) is 0 Å². The highest BCUT2D eigenvalue weighted by Crippen LogP contribution is 2.31. The summed E-state index contributed by atoms with van der Waals surface area (Å²) in [6.45, 7) is 4.30. The van der Waals surface area contributed by atoms with Crippen LogP contribution in [-0.4, -0.2) is 15.2 Å². The Balaban J connectivity index is 2.03. The van der Waals surface area contributed by atoms with Crippen molar-refractivity contribution < 1.29 is 0 Å². The molecule has 0 aliphatic heterocycles. The largest absolute Gasteiger partial charge is 0.236 e. The Bertz CT molecular complexity index is 434. The Hall–Kier alpha value is 0.450. The zero-order valence-corrected chi connectivity index (χ0v) is 15.2. The summed E-state index contributed by atoms with van der Waals surface area (Å²) in [4.78, 5) is 9.12. The van der Waals surface area contributed by atoms with Crippen LogP contribution in [0.2, 0.25) is 5.15 Å². The molecule has 0 radical (unpaired) electrons. The summed E-state index contributed by atoms with van der Waals surface area (Å²) in [5, 5.41) is 1.40. The predicted molar refractivity (Wildman–Crippen MR) is 92.0 cm³/mol. The normalized spacial score (nSPS) is 17.1. The number of thioether (sulfide) groups is 1. The molecule has 5 heteroatoms. The van der Waals surface area contributed by atoms with Crippen LogP contribution in [0.1, 0.15) is 63.4 Å². The van der Waals surface area contributed by atoms with Gasteiger partial charge in [0.05, 0.1) is 15.0 Å². The SMILES string of the molecule is CC(C)c1nc(CSC2CCCCC2)nc(Cl)c1I. The summed E-state index contributed by atoms with van der Waals surface area (Å²) in [6, 6.07) is 0. The maximum absolute atomic E-state index is 6.22. The molecule has 0 bridgehead atoms. The highest BCUT2D eigenvalue weighted by Gasteiger charge is 2.17. The van der Waals surface area contributed by atoms with Crippen LogP contribution < -0.4 is 0 Å². The third kappa shape index (κ3) is 4.46. The summed E-state index contributed by atoms with van der Waals surface area (Å²) in [7, 11) is 0. The number of nitrogens with zero attached hydrogens (tertiary/aromatic N) is 2. The van der Waals surface area contributed by atoms with Crippen LogP contribution in [0.15, 0.2) is 0 Å². The molecule has 0 unspecified atom stereocenters. The Morgan fingerprint density at radius 1 is 1.26 bits per heavy atom. The molecule has 19 heavy (non-hydrogen) atoms. The molecule has 1 aliphatic rings. The lowest BCUT2D eigenvalue weighted by Crippen LogP contribution is -2.10. The van der Waals surface area contributed by atoms with E-state index in [2.05, 4.69) is 41.4 Å². The van der Waals surface area contributed by atoms with E-state index in [1.807, 2.05) is 11.8 Å². The summed E-state index contributed by atoms with van der Waals surface area (Å²) in [5.74, 6) is 2.18. The lowest BCUT2D eigenvalue weighted by atomic mass is 10.0. The Kier molecular flexibility index (Phi) is 6.21. The lowest BCUT2D eigenvalue weighted by Gasteiger charge is -2.20. The van der Waals surface area contributed by atoms with Crippen molar-refractivity contribution in [3.05, 3.63) is 20.2 Å². The molecule has 0 amide bonds. The summed E-state index contributed by atoms with van der Waals surface area (Å²) in [5.41, 5.74) is 1.08. The van der Waals surface area contributed by atoms with Crippen molar-refractivity contribution in [2.24, 2.45) is 0 Å². The average Bonchev–Trinajstić information content (AvgIpc) is 2.41. The summed E-state index contributed by atoms with van der Waals surface area (Å²) < 4.78 is 1.00. The second kappa shape index (κ2) is 7.46. The van der Waals surface area contributed by atoms with Crippen LogP contribution >= 0.6 is 46.0 Å². The van der Waals surface area contributed by atoms with Crippen molar-refractivity contribution in [2.45, 2.75) is 62.9 Å². The number of halogens is 2. The first-order valence-electron chi connectivity index (χ1n) is 6.91. The van der Waals surface area contributed by atoms with E-state index < -0.39 is 0 Å². The molecule has 1 fully saturated rings. The van der Waals surface area contributed by atoms with Gasteiger partial charge in [0.15, 0.2) is 0 Å². The maximum atomic E-state index is 6.22. The number of rotatable bonds is 4. The fraction of sp³-hybridized carbons (Fsp3) is 0.714. The molecular formula is C14H20ClIN2S. The molecule has 106 valence electrons. The Labute approximate surface area is 138 Å². The van der Waals surface area contributed by atoms with Crippen LogP contribution in [0.4, 0.5) is 0 Å². The van der Waals surface area contributed by atoms with Gasteiger partial charge in [0.1, 0.15) is 11.0 Å². The van der Waals surface area contributed by atoms with Gasteiger partial charge in [0, 0.05) is 5.25 Å². The maximum Gasteiger partial charge on any atom is 0.146 e. The van der Waals surface area contributed by atoms with Crippen molar-refractivity contribution in [1.29, 1.82) is 0 Å². The summed E-state index contributed by atoms with van der Waals surface area (Å²) >= 11 is 10.5. The molecule has 0 aromatic carbocycles. The van der Waals surface area contributed by atoms with E-state index in [1.54, 1.807) is 0 Å². The fourth-order valence-electron chi connectivity index (χ4n) is 2.35. The highest BCUT2D eigenvalue weighted by atomic mass is 127. The van der Waals surface area contributed by atoms with E-state index in [1.165, 1.54) is 32.1 Å². The van der Waals surface area contributed by atoms with Gasteiger partial charge in [-0.2, -0.15) is 11.8 Å². The topological polar surface area (TPSA) is 25.8 Å². The van der Waals surface area contributed by atoms with Gasteiger partial charge in [0.2, 0.25) is 0 Å². The predicted octanol–water partition coefficient (Wildman–Crippen LogP) is 5.42. The van der Waals surface area contributed by atoms with Crippen molar-refractivity contribution >= 4 is 46.0 Å². The molecule has 0 saturated heterocycles. The average molecular weight is 411 g/mol. The van der Waals surface area contributed by atoms with Gasteiger partial charge in [-0.05, 0) is 41.4 Å². The molecule has 0 N–H and O–H groups in total. The van der Waals surface area contributed by atoms with Gasteiger partial charge in [-0.25, -0.2) is 9.97 Å². The minimum Gasteiger partial charge on any atom is -0.236 e. The Morgan fingerprint density at radius 3 is 2.58 bits per heavy atom. The standard InChI is InChI=1S/C14H20ClIN2S/c1-9(2)13-12(16)14(15)18-11(17-13)8-19-10-6-4-3-5-7-10/h9-10H,3-8H2,1-2H3. The fourth-order valence-corrected chi connectivity index (χ4v) is 4.59. The van der Waals surface area contributed by atoms with Crippen LogP contribution in [-0.2, 0) is 5.75 Å². The zero-order valence-electron chi connectivity index (χ0n) is 11.5. The molecule has 1 saturated carbocycles. The smallest absolute Gasteiger partial charge is 0.146 e. The molecule has 0 atom stereocenters. The van der Waals surface area contributed by atoms with Crippen molar-refractivity contribution in [3.8, 4) is 0 Å². The van der Waals surface area contributed by atoms with Crippen molar-refractivity contribution in [3.63, 3.8) is 0 Å². The molecule has 2 rings (SSSR count). The van der Waals surface area contributed by atoms with Gasteiger partial charge < -0.3 is 0 Å².